The summed E-state index contributed by atoms with van der Waals surface area (Å²) in [5.74, 6) is -0.446. The van der Waals surface area contributed by atoms with Crippen LogP contribution in [0.4, 0.5) is 5.69 Å². The van der Waals surface area contributed by atoms with Crippen LogP contribution >= 0.6 is 11.6 Å². The fraction of sp³-hybridized carbons (Fsp3) is 0.529. The number of hydrogen-bond acceptors (Lipinski definition) is 4. The molecule has 1 fully saturated rings. The Balaban J connectivity index is 1.96. The van der Waals surface area contributed by atoms with E-state index in [1.807, 2.05) is 24.0 Å². The molecule has 0 saturated carbocycles. The Morgan fingerprint density at radius 3 is 2.87 bits per heavy atom. The molecule has 1 aromatic carbocycles. The molecule has 23 heavy (non-hydrogen) atoms. The molecule has 1 aliphatic rings. The lowest BCUT2D eigenvalue weighted by atomic mass is 9.97. The molecule has 1 aliphatic heterocycles. The monoisotopic (exact) mass is 338 g/mol. The highest BCUT2D eigenvalue weighted by atomic mass is 35.5. The van der Waals surface area contributed by atoms with Gasteiger partial charge in [0.05, 0.1) is 29.3 Å². The molecule has 1 saturated heterocycles. The number of benzene rings is 1. The van der Waals surface area contributed by atoms with Crippen molar-refractivity contribution in [2.45, 2.75) is 32.7 Å². The van der Waals surface area contributed by atoms with Crippen LogP contribution in [0.1, 0.15) is 26.7 Å². The zero-order valence-corrected chi connectivity index (χ0v) is 14.3. The van der Waals surface area contributed by atoms with Crippen LogP contribution in [0.3, 0.4) is 0 Å². The fourth-order valence-electron chi connectivity index (χ4n) is 2.78. The van der Waals surface area contributed by atoms with E-state index >= 15 is 0 Å². The maximum absolute atomic E-state index is 12.4. The van der Waals surface area contributed by atoms with Gasteiger partial charge in [-0.25, -0.2) is 0 Å². The molecule has 2 atom stereocenters. The minimum absolute atomic E-state index is 0.123. The number of rotatable bonds is 5. The van der Waals surface area contributed by atoms with E-state index in [1.165, 1.54) is 0 Å². The molecule has 5 nitrogen and oxygen atoms in total. The van der Waals surface area contributed by atoms with Gasteiger partial charge in [0.1, 0.15) is 0 Å². The largest absolute Gasteiger partial charge is 0.466 e. The number of carbonyl (C=O) groups is 2. The smallest absolute Gasteiger partial charge is 0.310 e. The molecule has 2 rings (SSSR count). The second-order valence-corrected chi connectivity index (χ2v) is 6.14. The quantitative estimate of drug-likeness (QED) is 0.839. The number of likely N-dealkylation sites (tertiary alicyclic amines) is 1. The van der Waals surface area contributed by atoms with Gasteiger partial charge in [0.25, 0.3) is 0 Å². The van der Waals surface area contributed by atoms with E-state index in [0.29, 0.717) is 23.9 Å². The Kier molecular flexibility index (Phi) is 6.42. The molecule has 1 aromatic rings. The Labute approximate surface area is 141 Å². The Morgan fingerprint density at radius 2 is 2.17 bits per heavy atom. The first-order valence-corrected chi connectivity index (χ1v) is 8.36. The van der Waals surface area contributed by atoms with Crippen LogP contribution in [0.5, 0.6) is 0 Å². The molecule has 1 heterocycles. The maximum Gasteiger partial charge on any atom is 0.310 e. The highest BCUT2D eigenvalue weighted by molar-refractivity contribution is 6.33. The summed E-state index contributed by atoms with van der Waals surface area (Å²) in [5, 5.41) is 3.36. The van der Waals surface area contributed by atoms with Crippen molar-refractivity contribution < 1.29 is 14.3 Å². The van der Waals surface area contributed by atoms with Crippen LogP contribution in [0.2, 0.25) is 5.02 Å². The fourth-order valence-corrected chi connectivity index (χ4v) is 2.96. The number of para-hydroxylation sites is 1. The Morgan fingerprint density at radius 1 is 1.43 bits per heavy atom. The third-order valence-corrected chi connectivity index (χ3v) is 4.46. The first-order chi connectivity index (χ1) is 11.0. The van der Waals surface area contributed by atoms with Gasteiger partial charge in [0.15, 0.2) is 0 Å². The van der Waals surface area contributed by atoms with Crippen LogP contribution in [0.15, 0.2) is 24.3 Å². The van der Waals surface area contributed by atoms with Crippen molar-refractivity contribution in [3.63, 3.8) is 0 Å². The number of anilines is 1. The lowest BCUT2D eigenvalue weighted by molar-refractivity contribution is -0.150. The second kappa shape index (κ2) is 8.31. The predicted octanol–water partition coefficient (Wildman–Crippen LogP) is 2.94. The van der Waals surface area contributed by atoms with Crippen LogP contribution in [-0.4, -0.2) is 42.5 Å². The maximum atomic E-state index is 12.4. The van der Waals surface area contributed by atoms with Crippen molar-refractivity contribution in [3.05, 3.63) is 29.3 Å². The number of ether oxygens (including phenoxy) is 1. The summed E-state index contributed by atoms with van der Waals surface area (Å²) in [5.41, 5.74) is 0.602. The molecule has 6 heteroatoms. The van der Waals surface area contributed by atoms with Gasteiger partial charge < -0.3 is 10.1 Å². The first-order valence-electron chi connectivity index (χ1n) is 7.99. The zero-order chi connectivity index (χ0) is 16.8. The SMILES string of the molecule is CCOC(=O)[C@@H]1CCCN([C@@H](C)C(=O)Nc2ccccc2Cl)C1. The minimum Gasteiger partial charge on any atom is -0.466 e. The molecular formula is C17H23ClN2O3. The van der Waals surface area contributed by atoms with Crippen LogP contribution in [0.25, 0.3) is 0 Å². The van der Waals surface area contributed by atoms with Crippen molar-refractivity contribution in [3.8, 4) is 0 Å². The van der Waals surface area contributed by atoms with Crippen molar-refractivity contribution in [2.75, 3.05) is 25.0 Å². The van der Waals surface area contributed by atoms with Crippen LogP contribution in [-0.2, 0) is 14.3 Å². The van der Waals surface area contributed by atoms with E-state index in [4.69, 9.17) is 16.3 Å². The Bertz CT molecular complexity index is 565. The summed E-state index contributed by atoms with van der Waals surface area (Å²) in [6.07, 6.45) is 1.70. The van der Waals surface area contributed by atoms with Crippen LogP contribution in [0, 0.1) is 5.92 Å². The molecule has 0 spiro atoms. The molecular weight excluding hydrogens is 316 g/mol. The minimum atomic E-state index is -0.330. The first kappa shape index (κ1) is 17.8. The van der Waals surface area contributed by atoms with E-state index in [0.717, 1.165) is 19.4 Å². The molecule has 0 aromatic heterocycles. The summed E-state index contributed by atoms with van der Waals surface area (Å²) in [7, 11) is 0. The second-order valence-electron chi connectivity index (χ2n) is 5.73. The number of nitrogens with one attached hydrogen (secondary N) is 1. The van der Waals surface area contributed by atoms with E-state index in [1.54, 1.807) is 19.1 Å². The number of esters is 1. The summed E-state index contributed by atoms with van der Waals surface area (Å²) in [6.45, 7) is 5.39. The van der Waals surface area contributed by atoms with Gasteiger partial charge in [-0.1, -0.05) is 23.7 Å². The van der Waals surface area contributed by atoms with Gasteiger partial charge in [-0.05, 0) is 45.4 Å². The third-order valence-electron chi connectivity index (χ3n) is 4.13. The topological polar surface area (TPSA) is 58.6 Å². The molecule has 0 bridgehead atoms. The van der Waals surface area contributed by atoms with Gasteiger partial charge in [-0.15, -0.1) is 0 Å². The normalized spacial score (nSPS) is 19.9. The van der Waals surface area contributed by atoms with Crippen molar-refractivity contribution in [2.24, 2.45) is 5.92 Å². The number of nitrogens with zero attached hydrogens (tertiary/aromatic N) is 1. The average molecular weight is 339 g/mol. The highest BCUT2D eigenvalue weighted by Crippen LogP contribution is 2.23. The number of carbonyl (C=O) groups excluding carboxylic acids is 2. The average Bonchev–Trinajstić information content (AvgIpc) is 2.56. The lowest BCUT2D eigenvalue weighted by Gasteiger charge is -2.35. The van der Waals surface area contributed by atoms with Gasteiger partial charge in [-0.2, -0.15) is 0 Å². The summed E-state index contributed by atoms with van der Waals surface area (Å²) < 4.78 is 5.10. The molecule has 1 amide bonds. The molecule has 0 radical (unpaired) electrons. The summed E-state index contributed by atoms with van der Waals surface area (Å²) >= 11 is 6.07. The summed E-state index contributed by atoms with van der Waals surface area (Å²) in [4.78, 5) is 26.4. The third kappa shape index (κ3) is 4.69. The number of halogens is 1. The van der Waals surface area contributed by atoms with E-state index in [-0.39, 0.29) is 23.8 Å². The van der Waals surface area contributed by atoms with Gasteiger partial charge in [-0.3, -0.25) is 14.5 Å². The zero-order valence-electron chi connectivity index (χ0n) is 13.5. The molecule has 1 N–H and O–H groups in total. The van der Waals surface area contributed by atoms with Gasteiger partial charge in [0, 0.05) is 6.54 Å². The van der Waals surface area contributed by atoms with Crippen molar-refractivity contribution >= 4 is 29.2 Å². The van der Waals surface area contributed by atoms with E-state index in [2.05, 4.69) is 5.32 Å². The number of hydrogen-bond donors (Lipinski definition) is 1. The van der Waals surface area contributed by atoms with Gasteiger partial charge in [0.2, 0.25) is 5.91 Å². The van der Waals surface area contributed by atoms with Crippen molar-refractivity contribution in [1.29, 1.82) is 0 Å². The van der Waals surface area contributed by atoms with Gasteiger partial charge >= 0.3 is 5.97 Å². The highest BCUT2D eigenvalue weighted by Gasteiger charge is 2.31. The standard InChI is InChI=1S/C17H23ClN2O3/c1-3-23-17(22)13-7-6-10-20(11-13)12(2)16(21)19-15-9-5-4-8-14(15)18/h4-5,8-9,12-13H,3,6-7,10-11H2,1-2H3,(H,19,21)/t12-,13+/m0/s1. The lowest BCUT2D eigenvalue weighted by Crippen LogP contribution is -2.48. The molecule has 0 aliphatic carbocycles. The van der Waals surface area contributed by atoms with E-state index in [9.17, 15) is 9.59 Å². The predicted molar refractivity (Wildman–Crippen MR) is 90.5 cm³/mol. The van der Waals surface area contributed by atoms with E-state index < -0.39 is 0 Å². The molecule has 0 unspecified atom stereocenters. The Hall–Kier alpha value is -1.59. The van der Waals surface area contributed by atoms with Crippen LogP contribution < -0.4 is 5.32 Å². The summed E-state index contributed by atoms with van der Waals surface area (Å²) in [6, 6.07) is 6.81. The number of piperidine rings is 1. The number of amides is 1. The van der Waals surface area contributed by atoms with Crippen molar-refractivity contribution in [1.82, 2.24) is 4.90 Å². The molecule has 126 valence electrons.